The lowest BCUT2D eigenvalue weighted by Gasteiger charge is -2.26. The number of halogens is 3. The fraction of sp³-hybridized carbons (Fsp3) is 0.300. The minimum Gasteiger partial charge on any atom is -0.494 e. The molecule has 1 fully saturated rings. The molecule has 1 saturated heterocycles. The molecule has 0 spiro atoms. The van der Waals surface area contributed by atoms with Crippen LogP contribution in [0.2, 0.25) is 10.0 Å². The third kappa shape index (κ3) is 7.34. The fourth-order valence-corrected chi connectivity index (χ4v) is 4.88. The van der Waals surface area contributed by atoms with Crippen molar-refractivity contribution < 1.29 is 23.0 Å². The molecule has 4 aromatic rings. The Balaban J connectivity index is 1.23. The molecule has 0 aliphatic carbocycles. The molecule has 1 aromatic heterocycles. The third-order valence-electron chi connectivity index (χ3n) is 6.58. The Kier molecular flexibility index (Phi) is 9.37. The number of nitrogens with zero attached hydrogens (tertiary/aromatic N) is 4. The molecule has 0 bridgehead atoms. The standard InChI is InChI=1S/C30H27Cl2FN4O4/c1-19-13-23(39-10-2-7-37-8-11-38-12-9-37)4-5-25(19)30-36-35-27(41-30)16-21-3-6-26(32)29(28(21)33)40-24-15-20(18-34)14-22(31)17-24/h3-6,13-15,17H,2,7-12,16H2,1H3. The van der Waals surface area contributed by atoms with Crippen LogP contribution in [0.25, 0.3) is 11.5 Å². The zero-order valence-electron chi connectivity index (χ0n) is 22.3. The van der Waals surface area contributed by atoms with Crippen molar-refractivity contribution in [2.45, 2.75) is 19.8 Å². The Morgan fingerprint density at radius 2 is 1.88 bits per heavy atom. The molecule has 0 atom stereocenters. The van der Waals surface area contributed by atoms with Crippen LogP contribution < -0.4 is 9.47 Å². The van der Waals surface area contributed by atoms with Crippen LogP contribution in [0.1, 0.15) is 29.0 Å². The van der Waals surface area contributed by atoms with Gasteiger partial charge in [-0.05, 0) is 61.4 Å². The molecule has 1 aliphatic heterocycles. The average Bonchev–Trinajstić information content (AvgIpc) is 3.43. The van der Waals surface area contributed by atoms with Crippen LogP contribution in [0.4, 0.5) is 4.39 Å². The first kappa shape index (κ1) is 28.8. The van der Waals surface area contributed by atoms with Gasteiger partial charge < -0.3 is 18.6 Å². The molecule has 11 heteroatoms. The Morgan fingerprint density at radius 1 is 1.05 bits per heavy atom. The number of rotatable bonds is 10. The van der Waals surface area contributed by atoms with E-state index in [1.165, 1.54) is 30.3 Å². The van der Waals surface area contributed by atoms with Crippen molar-refractivity contribution in [3.05, 3.63) is 87.0 Å². The molecule has 0 saturated carbocycles. The van der Waals surface area contributed by atoms with Crippen LogP contribution in [-0.2, 0) is 11.2 Å². The van der Waals surface area contributed by atoms with Gasteiger partial charge in [0.1, 0.15) is 11.5 Å². The molecule has 212 valence electrons. The van der Waals surface area contributed by atoms with E-state index in [4.69, 9.17) is 41.8 Å². The molecule has 5 rings (SSSR count). The van der Waals surface area contributed by atoms with E-state index in [-0.39, 0.29) is 45.0 Å². The topological polar surface area (TPSA) is 93.6 Å². The Morgan fingerprint density at radius 3 is 2.66 bits per heavy atom. The summed E-state index contributed by atoms with van der Waals surface area (Å²) in [5.41, 5.74) is 2.20. The van der Waals surface area contributed by atoms with Gasteiger partial charge >= 0.3 is 0 Å². The highest BCUT2D eigenvalue weighted by atomic mass is 35.5. The van der Waals surface area contributed by atoms with Crippen molar-refractivity contribution in [3.8, 4) is 34.8 Å². The number of ether oxygens (including phenoxy) is 3. The summed E-state index contributed by atoms with van der Waals surface area (Å²) >= 11 is 12.3. The number of morpholine rings is 1. The molecule has 1 aliphatic rings. The van der Waals surface area contributed by atoms with Gasteiger partial charge in [0.15, 0.2) is 11.6 Å². The first-order chi connectivity index (χ1) is 19.9. The Hall–Kier alpha value is -3.68. The number of aromatic nitrogens is 2. The molecule has 0 N–H and O–H groups in total. The molecule has 41 heavy (non-hydrogen) atoms. The number of nitriles is 1. The number of aryl methyl sites for hydroxylation is 1. The Bertz CT molecular complexity index is 1570. The second-order valence-corrected chi connectivity index (χ2v) is 10.4. The average molecular weight is 597 g/mol. The first-order valence-corrected chi connectivity index (χ1v) is 13.9. The minimum atomic E-state index is -0.679. The van der Waals surface area contributed by atoms with Crippen LogP contribution >= 0.6 is 23.2 Å². The lowest BCUT2D eigenvalue weighted by molar-refractivity contribution is 0.0358. The highest BCUT2D eigenvalue weighted by Crippen LogP contribution is 2.36. The molecule has 3 aromatic carbocycles. The van der Waals surface area contributed by atoms with Crippen molar-refractivity contribution in [2.24, 2.45) is 0 Å². The van der Waals surface area contributed by atoms with Gasteiger partial charge in [-0.25, -0.2) is 4.39 Å². The van der Waals surface area contributed by atoms with Crippen LogP contribution in [0.5, 0.6) is 17.2 Å². The number of hydrogen-bond acceptors (Lipinski definition) is 8. The van der Waals surface area contributed by atoms with Crippen LogP contribution in [0, 0.1) is 24.1 Å². The maximum atomic E-state index is 15.4. The van der Waals surface area contributed by atoms with Gasteiger partial charge in [-0.1, -0.05) is 29.3 Å². The quantitative estimate of drug-likeness (QED) is 0.183. The summed E-state index contributed by atoms with van der Waals surface area (Å²) in [6, 6.07) is 15.1. The Labute approximate surface area is 247 Å². The zero-order chi connectivity index (χ0) is 28.8. The molecule has 0 unspecified atom stereocenters. The van der Waals surface area contributed by atoms with E-state index in [9.17, 15) is 5.26 Å². The van der Waals surface area contributed by atoms with E-state index in [1.54, 1.807) is 0 Å². The summed E-state index contributed by atoms with van der Waals surface area (Å²) in [4.78, 5) is 2.38. The summed E-state index contributed by atoms with van der Waals surface area (Å²) < 4.78 is 38.3. The first-order valence-electron chi connectivity index (χ1n) is 13.1. The predicted octanol–water partition coefficient (Wildman–Crippen LogP) is 6.85. The van der Waals surface area contributed by atoms with Gasteiger partial charge in [0.25, 0.3) is 0 Å². The van der Waals surface area contributed by atoms with Crippen LogP contribution in [0.3, 0.4) is 0 Å². The highest BCUT2D eigenvalue weighted by Gasteiger charge is 2.19. The van der Waals surface area contributed by atoms with Gasteiger partial charge in [0.05, 0.1) is 42.9 Å². The van der Waals surface area contributed by atoms with E-state index in [2.05, 4.69) is 15.1 Å². The van der Waals surface area contributed by atoms with Gasteiger partial charge in [-0.2, -0.15) is 5.26 Å². The molecular weight excluding hydrogens is 570 g/mol. The van der Waals surface area contributed by atoms with Gasteiger partial charge in [0.2, 0.25) is 11.8 Å². The van der Waals surface area contributed by atoms with E-state index in [0.29, 0.717) is 12.5 Å². The summed E-state index contributed by atoms with van der Waals surface area (Å²) in [5, 5.41) is 17.8. The summed E-state index contributed by atoms with van der Waals surface area (Å²) in [6.07, 6.45) is 0.955. The van der Waals surface area contributed by atoms with E-state index < -0.39 is 5.82 Å². The molecule has 2 heterocycles. The summed E-state index contributed by atoms with van der Waals surface area (Å²) in [6.45, 7) is 7.05. The van der Waals surface area contributed by atoms with E-state index >= 15 is 4.39 Å². The molecule has 0 amide bonds. The minimum absolute atomic E-state index is 0.0226. The van der Waals surface area contributed by atoms with E-state index in [0.717, 1.165) is 56.1 Å². The third-order valence-corrected chi connectivity index (χ3v) is 7.09. The maximum Gasteiger partial charge on any atom is 0.248 e. The number of hydrogen-bond donors (Lipinski definition) is 0. The van der Waals surface area contributed by atoms with Gasteiger partial charge in [-0.3, -0.25) is 4.90 Å². The van der Waals surface area contributed by atoms with Crippen molar-refractivity contribution in [1.29, 1.82) is 5.26 Å². The van der Waals surface area contributed by atoms with E-state index in [1.807, 2.05) is 31.2 Å². The van der Waals surface area contributed by atoms with Crippen LogP contribution in [-0.4, -0.2) is 54.6 Å². The van der Waals surface area contributed by atoms with Crippen LogP contribution in [0.15, 0.2) is 52.9 Å². The zero-order valence-corrected chi connectivity index (χ0v) is 23.8. The summed E-state index contributed by atoms with van der Waals surface area (Å²) in [7, 11) is 0. The van der Waals surface area contributed by atoms with Gasteiger partial charge in [-0.15, -0.1) is 10.2 Å². The van der Waals surface area contributed by atoms with Gasteiger partial charge in [0, 0.05) is 35.8 Å². The largest absolute Gasteiger partial charge is 0.494 e. The van der Waals surface area contributed by atoms with Crippen molar-refractivity contribution in [2.75, 3.05) is 39.5 Å². The van der Waals surface area contributed by atoms with Crippen molar-refractivity contribution >= 4 is 23.2 Å². The van der Waals surface area contributed by atoms with Crippen molar-refractivity contribution in [3.63, 3.8) is 0 Å². The molecule has 8 nitrogen and oxygen atoms in total. The lowest BCUT2D eigenvalue weighted by Crippen LogP contribution is -2.37. The second-order valence-electron chi connectivity index (χ2n) is 9.55. The molecular formula is C30H27Cl2FN4O4. The monoisotopic (exact) mass is 596 g/mol. The second kappa shape index (κ2) is 13.3. The normalized spacial score (nSPS) is 13.6. The molecule has 0 radical (unpaired) electrons. The van der Waals surface area contributed by atoms with Crippen molar-refractivity contribution in [1.82, 2.24) is 15.1 Å². The SMILES string of the molecule is Cc1cc(OCCCN2CCOCC2)ccc1-c1nnc(Cc2ccc(Cl)c(Oc3cc(Cl)cc(C#N)c3)c2F)o1. The smallest absolute Gasteiger partial charge is 0.248 e. The lowest BCUT2D eigenvalue weighted by atomic mass is 10.1. The maximum absolute atomic E-state index is 15.4. The summed E-state index contributed by atoms with van der Waals surface area (Å²) in [5.74, 6) is 0.639. The fourth-order valence-electron chi connectivity index (χ4n) is 4.47. The highest BCUT2D eigenvalue weighted by molar-refractivity contribution is 6.32. The number of benzene rings is 3. The predicted molar refractivity (Wildman–Crippen MR) is 152 cm³/mol.